The molecular formula is C29H32FN3O4. The van der Waals surface area contributed by atoms with Gasteiger partial charge in [-0.2, -0.15) is 0 Å². The minimum absolute atomic E-state index is 0.0922. The van der Waals surface area contributed by atoms with Crippen molar-refractivity contribution in [2.45, 2.75) is 45.3 Å². The fraction of sp³-hybridized carbons (Fsp3) is 0.310. The Morgan fingerprint density at radius 3 is 2.59 bits per heavy atom. The first-order valence-corrected chi connectivity index (χ1v) is 12.5. The van der Waals surface area contributed by atoms with Gasteiger partial charge in [0.1, 0.15) is 5.82 Å². The lowest BCUT2D eigenvalue weighted by atomic mass is 9.99. The molecule has 0 unspecified atom stereocenters. The van der Waals surface area contributed by atoms with Gasteiger partial charge in [0.2, 0.25) is 0 Å². The summed E-state index contributed by atoms with van der Waals surface area (Å²) >= 11 is 0. The first kappa shape index (κ1) is 26.3. The molecule has 1 amide bonds. The average Bonchev–Trinajstić information content (AvgIpc) is 3.41. The predicted octanol–water partition coefficient (Wildman–Crippen LogP) is 4.98. The van der Waals surface area contributed by atoms with Crippen LogP contribution in [0.5, 0.6) is 0 Å². The molecule has 0 radical (unpaired) electrons. The number of carbonyl (C=O) groups is 2. The van der Waals surface area contributed by atoms with Crippen LogP contribution in [0.3, 0.4) is 0 Å². The fourth-order valence-corrected chi connectivity index (χ4v) is 4.49. The van der Waals surface area contributed by atoms with Gasteiger partial charge >= 0.3 is 5.97 Å². The third-order valence-corrected chi connectivity index (χ3v) is 6.45. The standard InChI is InChI=1S/C29H32FN3O4/c1-2-18-5-6-27(22(8-18)15-28(34)35)33-29(36)23-11-21(20-9-19(16-31)10-24(30)12-20)13-25(14-23)32-17-26-4-3-7-37-26/h5-6,8-14,26,32H,2-4,7,15-17,31H2,1H3,(H,33,36)(H,34,35)/t26-/m0/s1. The molecule has 0 spiro atoms. The summed E-state index contributed by atoms with van der Waals surface area (Å²) in [4.78, 5) is 24.8. The lowest BCUT2D eigenvalue weighted by Crippen LogP contribution is -2.19. The maximum absolute atomic E-state index is 14.3. The van der Waals surface area contributed by atoms with Gasteiger partial charge in [-0.3, -0.25) is 9.59 Å². The zero-order valence-electron chi connectivity index (χ0n) is 20.9. The molecule has 1 fully saturated rings. The second kappa shape index (κ2) is 12.0. The highest BCUT2D eigenvalue weighted by Gasteiger charge is 2.17. The first-order chi connectivity index (χ1) is 17.8. The summed E-state index contributed by atoms with van der Waals surface area (Å²) in [5, 5.41) is 15.6. The van der Waals surface area contributed by atoms with Gasteiger partial charge in [0.15, 0.2) is 0 Å². The average molecular weight is 506 g/mol. The van der Waals surface area contributed by atoms with E-state index in [0.29, 0.717) is 45.7 Å². The monoisotopic (exact) mass is 505 g/mol. The number of halogens is 1. The molecule has 0 bridgehead atoms. The Balaban J connectivity index is 1.68. The van der Waals surface area contributed by atoms with Gasteiger partial charge in [0.05, 0.1) is 12.5 Å². The van der Waals surface area contributed by atoms with Crippen LogP contribution in [0.15, 0.2) is 54.6 Å². The van der Waals surface area contributed by atoms with E-state index in [1.807, 2.05) is 19.1 Å². The van der Waals surface area contributed by atoms with E-state index in [9.17, 15) is 19.1 Å². The molecule has 1 atom stereocenters. The van der Waals surface area contributed by atoms with Crippen LogP contribution in [0.2, 0.25) is 0 Å². The van der Waals surface area contributed by atoms with E-state index in [0.717, 1.165) is 31.4 Å². The maximum Gasteiger partial charge on any atom is 0.307 e. The molecule has 8 heteroatoms. The quantitative estimate of drug-likeness (QED) is 0.309. The highest BCUT2D eigenvalue weighted by atomic mass is 19.1. The van der Waals surface area contributed by atoms with Crippen LogP contribution in [0.25, 0.3) is 11.1 Å². The molecule has 0 aromatic heterocycles. The summed E-state index contributed by atoms with van der Waals surface area (Å²) in [6.45, 7) is 3.50. The van der Waals surface area contributed by atoms with Gasteiger partial charge in [-0.05, 0) is 89.5 Å². The largest absolute Gasteiger partial charge is 0.481 e. The molecule has 0 aliphatic carbocycles. The molecule has 3 aromatic rings. The van der Waals surface area contributed by atoms with Crippen molar-refractivity contribution in [3.63, 3.8) is 0 Å². The lowest BCUT2D eigenvalue weighted by Gasteiger charge is -2.16. The maximum atomic E-state index is 14.3. The van der Waals surface area contributed by atoms with Crippen molar-refractivity contribution in [3.8, 4) is 11.1 Å². The summed E-state index contributed by atoms with van der Waals surface area (Å²) in [5.41, 5.74) is 10.7. The normalized spacial score (nSPS) is 14.9. The van der Waals surface area contributed by atoms with Crippen LogP contribution < -0.4 is 16.4 Å². The number of anilines is 2. The van der Waals surface area contributed by atoms with Crippen molar-refractivity contribution in [2.75, 3.05) is 23.8 Å². The van der Waals surface area contributed by atoms with E-state index in [4.69, 9.17) is 10.5 Å². The van der Waals surface area contributed by atoms with Crippen LogP contribution in [-0.2, 0) is 28.9 Å². The van der Waals surface area contributed by atoms with Crippen molar-refractivity contribution in [2.24, 2.45) is 5.73 Å². The number of hydrogen-bond acceptors (Lipinski definition) is 5. The molecule has 4 rings (SSSR count). The minimum atomic E-state index is -0.979. The third-order valence-electron chi connectivity index (χ3n) is 6.45. The van der Waals surface area contributed by atoms with Crippen LogP contribution in [0.4, 0.5) is 15.8 Å². The van der Waals surface area contributed by atoms with E-state index in [2.05, 4.69) is 10.6 Å². The smallest absolute Gasteiger partial charge is 0.307 e. The molecule has 194 valence electrons. The van der Waals surface area contributed by atoms with Gasteiger partial charge in [-0.15, -0.1) is 0 Å². The Morgan fingerprint density at radius 2 is 1.89 bits per heavy atom. The van der Waals surface area contributed by atoms with E-state index in [1.165, 1.54) is 12.1 Å². The van der Waals surface area contributed by atoms with Gasteiger partial charge < -0.3 is 26.2 Å². The molecule has 0 saturated carbocycles. The second-order valence-electron chi connectivity index (χ2n) is 9.24. The van der Waals surface area contributed by atoms with Crippen LogP contribution in [0, 0.1) is 5.82 Å². The van der Waals surface area contributed by atoms with E-state index in [1.54, 1.807) is 30.3 Å². The van der Waals surface area contributed by atoms with E-state index >= 15 is 0 Å². The minimum Gasteiger partial charge on any atom is -0.481 e. The summed E-state index contributed by atoms with van der Waals surface area (Å²) in [6, 6.07) is 15.3. The molecule has 37 heavy (non-hydrogen) atoms. The Morgan fingerprint density at radius 1 is 1.08 bits per heavy atom. The zero-order chi connectivity index (χ0) is 26.4. The predicted molar refractivity (Wildman–Crippen MR) is 142 cm³/mol. The van der Waals surface area contributed by atoms with Crippen molar-refractivity contribution < 1.29 is 23.8 Å². The molecular weight excluding hydrogens is 473 g/mol. The van der Waals surface area contributed by atoms with Crippen molar-refractivity contribution in [1.29, 1.82) is 0 Å². The number of hydrogen-bond donors (Lipinski definition) is 4. The molecule has 1 aliphatic rings. The second-order valence-corrected chi connectivity index (χ2v) is 9.24. The van der Waals surface area contributed by atoms with Gasteiger partial charge in [-0.25, -0.2) is 4.39 Å². The van der Waals surface area contributed by atoms with Gasteiger partial charge in [-0.1, -0.05) is 19.1 Å². The number of carbonyl (C=O) groups excluding carboxylic acids is 1. The number of amides is 1. The van der Waals surface area contributed by atoms with Gasteiger partial charge in [0.25, 0.3) is 5.91 Å². The van der Waals surface area contributed by atoms with Crippen molar-refractivity contribution in [1.82, 2.24) is 0 Å². The summed E-state index contributed by atoms with van der Waals surface area (Å²) < 4.78 is 20.0. The zero-order valence-corrected chi connectivity index (χ0v) is 20.9. The van der Waals surface area contributed by atoms with Gasteiger partial charge in [0, 0.05) is 36.6 Å². The summed E-state index contributed by atoms with van der Waals surface area (Å²) in [6.07, 6.45) is 2.61. The SMILES string of the molecule is CCc1ccc(NC(=O)c2cc(NC[C@@H]3CCCO3)cc(-c3cc(F)cc(CN)c3)c2)c(CC(=O)O)c1. The number of benzene rings is 3. The number of aryl methyl sites for hydroxylation is 1. The van der Waals surface area contributed by atoms with Crippen molar-refractivity contribution in [3.05, 3.63) is 82.7 Å². The molecule has 1 saturated heterocycles. The van der Waals surface area contributed by atoms with Crippen LogP contribution in [-0.4, -0.2) is 36.2 Å². The van der Waals surface area contributed by atoms with Crippen LogP contribution >= 0.6 is 0 Å². The Bertz CT molecular complexity index is 1290. The number of nitrogens with two attached hydrogens (primary N) is 1. The molecule has 1 heterocycles. The third kappa shape index (κ3) is 6.93. The number of aliphatic carboxylic acids is 1. The van der Waals surface area contributed by atoms with Crippen LogP contribution in [0.1, 0.15) is 46.8 Å². The van der Waals surface area contributed by atoms with Crippen molar-refractivity contribution >= 4 is 23.3 Å². The number of carboxylic acids is 1. The molecule has 1 aliphatic heterocycles. The Hall–Kier alpha value is -3.75. The highest BCUT2D eigenvalue weighted by Crippen LogP contribution is 2.28. The molecule has 5 N–H and O–H groups in total. The highest BCUT2D eigenvalue weighted by molar-refractivity contribution is 6.06. The Kier molecular flexibility index (Phi) is 8.53. The summed E-state index contributed by atoms with van der Waals surface area (Å²) in [7, 11) is 0. The van der Waals surface area contributed by atoms with E-state index in [-0.39, 0.29) is 19.1 Å². The fourth-order valence-electron chi connectivity index (χ4n) is 4.49. The first-order valence-electron chi connectivity index (χ1n) is 12.5. The summed E-state index contributed by atoms with van der Waals surface area (Å²) in [5.74, 6) is -1.78. The number of nitrogens with one attached hydrogen (secondary N) is 2. The number of ether oxygens (including phenoxy) is 1. The van der Waals surface area contributed by atoms with E-state index < -0.39 is 17.7 Å². The lowest BCUT2D eigenvalue weighted by molar-refractivity contribution is -0.136. The molecule has 7 nitrogen and oxygen atoms in total. The topological polar surface area (TPSA) is 114 Å². The number of carboxylic acid groups (broad SMARTS) is 1. The number of rotatable bonds is 10. The Labute approximate surface area is 215 Å². The molecule has 3 aromatic carbocycles.